The topological polar surface area (TPSA) is 99.8 Å². The van der Waals surface area contributed by atoms with E-state index < -0.39 is 24.2 Å². The second-order valence-corrected chi connectivity index (χ2v) is 8.25. The zero-order chi connectivity index (χ0) is 21.9. The molecule has 8 nitrogen and oxygen atoms in total. The maximum absolute atomic E-state index is 12.5. The summed E-state index contributed by atoms with van der Waals surface area (Å²) < 4.78 is 42.9. The number of amides is 3. The van der Waals surface area contributed by atoms with E-state index in [9.17, 15) is 27.6 Å². The Morgan fingerprint density at radius 3 is 2.67 bits per heavy atom. The summed E-state index contributed by atoms with van der Waals surface area (Å²) in [5.41, 5.74) is 0. The molecule has 3 rings (SSSR count). The first-order valence-electron chi connectivity index (χ1n) is 9.51. The van der Waals surface area contributed by atoms with E-state index in [-0.39, 0.29) is 29.3 Å². The second kappa shape index (κ2) is 9.31. The molecule has 2 unspecified atom stereocenters. The van der Waals surface area contributed by atoms with Crippen LogP contribution in [-0.2, 0) is 14.3 Å². The molecule has 2 aliphatic rings. The Kier molecular flexibility index (Phi) is 6.98. The van der Waals surface area contributed by atoms with Crippen molar-refractivity contribution in [1.29, 1.82) is 0 Å². The normalized spacial score (nSPS) is 20.5. The Hall–Kier alpha value is -2.18. The Balaban J connectivity index is 1.57. The van der Waals surface area contributed by atoms with Crippen molar-refractivity contribution in [1.82, 2.24) is 20.9 Å². The number of hydrogen-bond acceptors (Lipinski definition) is 6. The monoisotopic (exact) mass is 448 g/mol. The van der Waals surface area contributed by atoms with Crippen molar-refractivity contribution in [3.63, 3.8) is 0 Å². The number of ether oxygens (including phenoxy) is 1. The van der Waals surface area contributed by atoms with Crippen molar-refractivity contribution in [3.05, 3.63) is 21.9 Å². The van der Waals surface area contributed by atoms with E-state index >= 15 is 0 Å². The number of nitrogens with zero attached hydrogens (tertiary/aromatic N) is 1. The van der Waals surface area contributed by atoms with Crippen LogP contribution in [-0.4, -0.2) is 68.2 Å². The van der Waals surface area contributed by atoms with Gasteiger partial charge in [-0.25, -0.2) is 0 Å². The Labute approximate surface area is 175 Å². The van der Waals surface area contributed by atoms with Gasteiger partial charge in [-0.05, 0) is 32.0 Å². The lowest BCUT2D eigenvalue weighted by Crippen LogP contribution is -2.54. The molecular weight excluding hydrogens is 425 g/mol. The van der Waals surface area contributed by atoms with Crippen LogP contribution in [0.2, 0.25) is 0 Å². The molecule has 1 aliphatic heterocycles. The van der Waals surface area contributed by atoms with E-state index in [1.165, 1.54) is 19.2 Å². The number of halogens is 3. The summed E-state index contributed by atoms with van der Waals surface area (Å²) >= 11 is 0.966. The number of morpholine rings is 1. The van der Waals surface area contributed by atoms with Crippen molar-refractivity contribution < 1.29 is 32.3 Å². The van der Waals surface area contributed by atoms with Crippen LogP contribution < -0.4 is 16.0 Å². The highest BCUT2D eigenvalue weighted by molar-refractivity contribution is 7.14. The summed E-state index contributed by atoms with van der Waals surface area (Å²) in [6.45, 7) is 1.50. The highest BCUT2D eigenvalue weighted by Gasteiger charge is 2.40. The first-order chi connectivity index (χ1) is 14.2. The molecule has 1 aromatic heterocycles. The molecule has 0 bridgehead atoms. The van der Waals surface area contributed by atoms with E-state index in [1.54, 1.807) is 4.90 Å². The van der Waals surface area contributed by atoms with Gasteiger partial charge < -0.3 is 20.3 Å². The van der Waals surface area contributed by atoms with Gasteiger partial charge in [0.2, 0.25) is 5.91 Å². The van der Waals surface area contributed by atoms with Gasteiger partial charge in [0.1, 0.15) is 6.17 Å². The van der Waals surface area contributed by atoms with Crippen LogP contribution in [0.15, 0.2) is 12.1 Å². The van der Waals surface area contributed by atoms with Crippen LogP contribution in [0.25, 0.3) is 0 Å². The molecule has 30 heavy (non-hydrogen) atoms. The number of rotatable bonds is 7. The SMILES string of the molecule is CNC(NC(=O)C(F)(F)F)c1ccc(C(=O)NCC2COCCN2C(=O)C2CC2)s1. The number of carbonyl (C=O) groups is 3. The summed E-state index contributed by atoms with van der Waals surface area (Å²) in [7, 11) is 1.40. The summed E-state index contributed by atoms with van der Waals surface area (Å²) in [5.74, 6) is -2.31. The van der Waals surface area contributed by atoms with Crippen LogP contribution in [0.1, 0.15) is 33.6 Å². The predicted octanol–water partition coefficient (Wildman–Crippen LogP) is 1.01. The predicted molar refractivity (Wildman–Crippen MR) is 102 cm³/mol. The summed E-state index contributed by atoms with van der Waals surface area (Å²) in [6, 6.07) is 2.69. The summed E-state index contributed by atoms with van der Waals surface area (Å²) in [6.07, 6.45) is -4.29. The van der Waals surface area contributed by atoms with Crippen molar-refractivity contribution in [2.75, 3.05) is 33.4 Å². The van der Waals surface area contributed by atoms with Gasteiger partial charge in [-0.15, -0.1) is 11.3 Å². The number of alkyl halides is 3. The minimum Gasteiger partial charge on any atom is -0.377 e. The zero-order valence-electron chi connectivity index (χ0n) is 16.3. The fourth-order valence-electron chi connectivity index (χ4n) is 3.10. The lowest BCUT2D eigenvalue weighted by atomic mass is 10.2. The van der Waals surface area contributed by atoms with Gasteiger partial charge in [-0.3, -0.25) is 19.7 Å². The van der Waals surface area contributed by atoms with Crippen LogP contribution in [0, 0.1) is 5.92 Å². The fourth-order valence-corrected chi connectivity index (χ4v) is 4.09. The maximum atomic E-state index is 12.5. The van der Waals surface area contributed by atoms with Crippen molar-refractivity contribution in [2.24, 2.45) is 5.92 Å². The lowest BCUT2D eigenvalue weighted by molar-refractivity contribution is -0.174. The second-order valence-electron chi connectivity index (χ2n) is 7.14. The lowest BCUT2D eigenvalue weighted by Gasteiger charge is -2.35. The molecule has 2 heterocycles. The highest BCUT2D eigenvalue weighted by Crippen LogP contribution is 2.32. The molecule has 0 aromatic carbocycles. The molecule has 0 spiro atoms. The standard InChI is InChI=1S/C18H23F3N4O4S/c1-22-14(24-17(28)18(19,20)21)12-4-5-13(30-12)15(26)23-8-11-9-29-7-6-25(11)16(27)10-2-3-10/h4-5,10-11,14,22H,2-3,6-9H2,1H3,(H,23,26)(H,24,28). The molecule has 1 aliphatic carbocycles. The third kappa shape index (κ3) is 5.49. The third-order valence-electron chi connectivity index (χ3n) is 4.89. The first-order valence-corrected chi connectivity index (χ1v) is 10.3. The van der Waals surface area contributed by atoms with Crippen molar-refractivity contribution >= 4 is 29.1 Å². The molecule has 12 heteroatoms. The quantitative estimate of drug-likeness (QED) is 0.541. The first kappa shape index (κ1) is 22.5. The largest absolute Gasteiger partial charge is 0.471 e. The maximum Gasteiger partial charge on any atom is 0.471 e. The Bertz CT molecular complexity index is 797. The molecule has 3 amide bonds. The third-order valence-corrected chi connectivity index (χ3v) is 6.04. The van der Waals surface area contributed by atoms with Crippen LogP contribution in [0.3, 0.4) is 0 Å². The number of nitrogens with one attached hydrogen (secondary N) is 3. The smallest absolute Gasteiger partial charge is 0.377 e. The molecule has 2 atom stereocenters. The summed E-state index contributed by atoms with van der Waals surface area (Å²) in [4.78, 5) is 38.4. The van der Waals surface area contributed by atoms with Gasteiger partial charge in [-0.2, -0.15) is 13.2 Å². The van der Waals surface area contributed by atoms with E-state index in [2.05, 4.69) is 10.6 Å². The van der Waals surface area contributed by atoms with E-state index in [0.29, 0.717) is 24.6 Å². The molecule has 3 N–H and O–H groups in total. The van der Waals surface area contributed by atoms with E-state index in [1.807, 2.05) is 5.32 Å². The van der Waals surface area contributed by atoms with E-state index in [4.69, 9.17) is 4.74 Å². The minimum atomic E-state index is -5.00. The van der Waals surface area contributed by atoms with Gasteiger partial charge >= 0.3 is 12.1 Å². The average molecular weight is 448 g/mol. The van der Waals surface area contributed by atoms with Gasteiger partial charge in [-0.1, -0.05) is 0 Å². The molecule has 166 valence electrons. The number of thiophene rings is 1. The van der Waals surface area contributed by atoms with Gasteiger partial charge in [0.05, 0.1) is 24.1 Å². The van der Waals surface area contributed by atoms with Gasteiger partial charge in [0.15, 0.2) is 0 Å². The number of hydrogen-bond donors (Lipinski definition) is 3. The van der Waals surface area contributed by atoms with Crippen molar-refractivity contribution in [3.8, 4) is 0 Å². The van der Waals surface area contributed by atoms with Crippen molar-refractivity contribution in [2.45, 2.75) is 31.2 Å². The Morgan fingerprint density at radius 1 is 1.30 bits per heavy atom. The van der Waals surface area contributed by atoms with Crippen LogP contribution in [0.4, 0.5) is 13.2 Å². The average Bonchev–Trinajstić information content (AvgIpc) is 3.45. The molecule has 0 radical (unpaired) electrons. The van der Waals surface area contributed by atoms with E-state index in [0.717, 1.165) is 24.2 Å². The highest BCUT2D eigenvalue weighted by atomic mass is 32.1. The van der Waals surface area contributed by atoms with Gasteiger partial charge in [0.25, 0.3) is 5.91 Å². The minimum absolute atomic E-state index is 0.0755. The van der Waals surface area contributed by atoms with Crippen LogP contribution >= 0.6 is 11.3 Å². The summed E-state index contributed by atoms with van der Waals surface area (Å²) in [5, 5.41) is 7.17. The zero-order valence-corrected chi connectivity index (χ0v) is 17.1. The fraction of sp³-hybridized carbons (Fsp3) is 0.611. The molecular formula is C18H23F3N4O4S. The Morgan fingerprint density at radius 2 is 2.03 bits per heavy atom. The van der Waals surface area contributed by atoms with Gasteiger partial charge in [0, 0.05) is 23.9 Å². The van der Waals surface area contributed by atoms with Crippen LogP contribution in [0.5, 0.6) is 0 Å². The molecule has 1 saturated heterocycles. The molecule has 1 aromatic rings. The molecule has 1 saturated carbocycles. The molecule has 2 fully saturated rings. The number of carbonyl (C=O) groups excluding carboxylic acids is 3.